The fourth-order valence-corrected chi connectivity index (χ4v) is 3.26. The highest BCUT2D eigenvalue weighted by Crippen LogP contribution is 2.34. The van der Waals surface area contributed by atoms with Crippen LogP contribution in [-0.2, 0) is 11.3 Å². The number of ether oxygens (including phenoxy) is 1. The first-order valence-corrected chi connectivity index (χ1v) is 8.54. The summed E-state index contributed by atoms with van der Waals surface area (Å²) in [4.78, 5) is 4.64. The lowest BCUT2D eigenvalue weighted by Crippen LogP contribution is -2.32. The lowest BCUT2D eigenvalue weighted by atomic mass is 9.92. The van der Waals surface area contributed by atoms with Gasteiger partial charge in [0.2, 0.25) is 5.92 Å². The lowest BCUT2D eigenvalue weighted by Gasteiger charge is -2.29. The van der Waals surface area contributed by atoms with E-state index in [1.54, 1.807) is 11.8 Å². The van der Waals surface area contributed by atoms with Crippen molar-refractivity contribution in [3.8, 4) is 5.82 Å². The van der Waals surface area contributed by atoms with Gasteiger partial charge in [-0.1, -0.05) is 0 Å². The minimum absolute atomic E-state index is 0.0122. The molecule has 0 amide bonds. The molecule has 0 atom stereocenters. The van der Waals surface area contributed by atoms with Crippen molar-refractivity contribution in [2.24, 2.45) is 0 Å². The molecule has 0 radical (unpaired) electrons. The van der Waals surface area contributed by atoms with Gasteiger partial charge < -0.3 is 10.1 Å². The van der Waals surface area contributed by atoms with Gasteiger partial charge in [-0.2, -0.15) is 5.10 Å². The van der Waals surface area contributed by atoms with Crippen molar-refractivity contribution in [2.75, 3.05) is 12.4 Å². The van der Waals surface area contributed by atoms with Crippen molar-refractivity contribution in [3.05, 3.63) is 35.2 Å². The van der Waals surface area contributed by atoms with Crippen molar-refractivity contribution in [3.63, 3.8) is 0 Å². The fourth-order valence-electron chi connectivity index (χ4n) is 3.26. The maximum Gasteiger partial charge on any atom is 0.248 e. The van der Waals surface area contributed by atoms with Crippen LogP contribution >= 0.6 is 0 Å². The Morgan fingerprint density at radius 1 is 1.24 bits per heavy atom. The van der Waals surface area contributed by atoms with E-state index in [1.165, 1.54) is 0 Å². The molecule has 136 valence electrons. The van der Waals surface area contributed by atoms with E-state index in [4.69, 9.17) is 4.74 Å². The SMILES string of the molecule is COCc1cc(NC2CCC(F)(F)CC2)nc(-n2nc(C)cc2C)c1. The summed E-state index contributed by atoms with van der Waals surface area (Å²) >= 11 is 0. The summed E-state index contributed by atoms with van der Waals surface area (Å²) in [5.41, 5.74) is 2.87. The Morgan fingerprint density at radius 3 is 2.56 bits per heavy atom. The quantitative estimate of drug-likeness (QED) is 0.885. The smallest absolute Gasteiger partial charge is 0.248 e. The van der Waals surface area contributed by atoms with Gasteiger partial charge in [-0.05, 0) is 50.5 Å². The summed E-state index contributed by atoms with van der Waals surface area (Å²) < 4.78 is 33.7. The van der Waals surface area contributed by atoms with Gasteiger partial charge in [0.25, 0.3) is 0 Å². The van der Waals surface area contributed by atoms with Crippen molar-refractivity contribution < 1.29 is 13.5 Å². The number of nitrogens with one attached hydrogen (secondary N) is 1. The van der Waals surface area contributed by atoms with Crippen LogP contribution in [0.4, 0.5) is 14.6 Å². The summed E-state index contributed by atoms with van der Waals surface area (Å²) in [6.07, 6.45) is 0.732. The highest BCUT2D eigenvalue weighted by molar-refractivity contribution is 5.45. The number of anilines is 1. The average Bonchev–Trinajstić information content (AvgIpc) is 2.88. The Kier molecular flexibility index (Phi) is 5.03. The van der Waals surface area contributed by atoms with Crippen LogP contribution in [0.3, 0.4) is 0 Å². The molecule has 5 nitrogen and oxygen atoms in total. The topological polar surface area (TPSA) is 52.0 Å². The molecular weight excluding hydrogens is 326 g/mol. The van der Waals surface area contributed by atoms with Gasteiger partial charge in [0.15, 0.2) is 5.82 Å². The molecule has 1 aliphatic carbocycles. The van der Waals surface area contributed by atoms with Gasteiger partial charge in [0, 0.05) is 31.7 Å². The predicted octanol–water partition coefficient (Wildman–Crippen LogP) is 4.02. The van der Waals surface area contributed by atoms with Crippen molar-refractivity contribution in [1.29, 1.82) is 0 Å². The van der Waals surface area contributed by atoms with Gasteiger partial charge >= 0.3 is 0 Å². The van der Waals surface area contributed by atoms with Crippen LogP contribution in [0.25, 0.3) is 5.82 Å². The molecule has 1 N–H and O–H groups in total. The third kappa shape index (κ3) is 4.34. The van der Waals surface area contributed by atoms with Crippen LogP contribution in [0, 0.1) is 13.8 Å². The number of nitrogens with zero attached hydrogens (tertiary/aromatic N) is 3. The van der Waals surface area contributed by atoms with Crippen molar-refractivity contribution in [1.82, 2.24) is 14.8 Å². The second-order valence-corrected chi connectivity index (χ2v) is 6.77. The van der Waals surface area contributed by atoms with E-state index in [1.807, 2.05) is 32.0 Å². The number of hydrogen-bond donors (Lipinski definition) is 1. The lowest BCUT2D eigenvalue weighted by molar-refractivity contribution is -0.0361. The van der Waals surface area contributed by atoms with E-state index in [-0.39, 0.29) is 18.9 Å². The van der Waals surface area contributed by atoms with Crippen LogP contribution in [0.5, 0.6) is 0 Å². The first kappa shape index (κ1) is 17.8. The van der Waals surface area contributed by atoms with Gasteiger partial charge in [-0.3, -0.25) is 0 Å². The zero-order valence-corrected chi connectivity index (χ0v) is 14.9. The molecule has 1 saturated carbocycles. The summed E-state index contributed by atoms with van der Waals surface area (Å²) in [6.45, 7) is 4.36. The molecular formula is C18H24F2N4O. The van der Waals surface area contributed by atoms with E-state index in [9.17, 15) is 8.78 Å². The molecule has 0 unspecified atom stereocenters. The summed E-state index contributed by atoms with van der Waals surface area (Å²) in [5.74, 6) is -1.16. The van der Waals surface area contributed by atoms with E-state index >= 15 is 0 Å². The summed E-state index contributed by atoms with van der Waals surface area (Å²) in [6, 6.07) is 5.84. The van der Waals surface area contributed by atoms with Gasteiger partial charge in [-0.15, -0.1) is 0 Å². The molecule has 1 fully saturated rings. The van der Waals surface area contributed by atoms with Crippen LogP contribution < -0.4 is 5.32 Å². The molecule has 1 aliphatic rings. The normalized spacial score (nSPS) is 17.6. The van der Waals surface area contributed by atoms with Crippen LogP contribution in [0.1, 0.15) is 42.6 Å². The number of aryl methyl sites for hydroxylation is 2. The second-order valence-electron chi connectivity index (χ2n) is 6.77. The zero-order valence-electron chi connectivity index (χ0n) is 14.9. The number of hydrogen-bond acceptors (Lipinski definition) is 4. The Balaban J connectivity index is 1.85. The molecule has 2 aromatic rings. The van der Waals surface area contributed by atoms with Crippen LogP contribution in [-0.4, -0.2) is 33.8 Å². The Morgan fingerprint density at radius 2 is 1.96 bits per heavy atom. The molecule has 0 saturated heterocycles. The molecule has 0 spiro atoms. The van der Waals surface area contributed by atoms with E-state index in [2.05, 4.69) is 15.4 Å². The fraction of sp³-hybridized carbons (Fsp3) is 0.556. The molecule has 2 aromatic heterocycles. The standard InChI is InChI=1S/C18H24F2N4O/c1-12-8-13(2)24(23-12)17-10-14(11-25-3)9-16(22-17)21-15-4-6-18(19,20)7-5-15/h8-10,15H,4-7,11H2,1-3H3,(H,21,22). The van der Waals surface area contributed by atoms with E-state index in [0.29, 0.717) is 31.1 Å². The highest BCUT2D eigenvalue weighted by atomic mass is 19.3. The molecule has 3 rings (SSSR count). The molecule has 0 aliphatic heterocycles. The molecule has 2 heterocycles. The number of alkyl halides is 2. The zero-order chi connectivity index (χ0) is 18.0. The molecule has 7 heteroatoms. The first-order valence-electron chi connectivity index (χ1n) is 8.54. The van der Waals surface area contributed by atoms with Crippen molar-refractivity contribution >= 4 is 5.82 Å². The minimum atomic E-state index is -2.53. The maximum absolute atomic E-state index is 13.3. The third-order valence-corrected chi connectivity index (χ3v) is 4.48. The van der Waals surface area contributed by atoms with E-state index < -0.39 is 5.92 Å². The Bertz CT molecular complexity index is 735. The number of halogens is 2. The number of pyridine rings is 1. The monoisotopic (exact) mass is 350 g/mol. The highest BCUT2D eigenvalue weighted by Gasteiger charge is 2.34. The van der Waals surface area contributed by atoms with Crippen molar-refractivity contribution in [2.45, 2.75) is 58.1 Å². The Labute approximate surface area is 146 Å². The van der Waals surface area contributed by atoms with E-state index in [0.717, 1.165) is 17.0 Å². The number of aromatic nitrogens is 3. The number of rotatable bonds is 5. The second kappa shape index (κ2) is 7.07. The van der Waals surface area contributed by atoms with Gasteiger partial charge in [0.05, 0.1) is 12.3 Å². The van der Waals surface area contributed by atoms with Gasteiger partial charge in [-0.25, -0.2) is 18.4 Å². The molecule has 25 heavy (non-hydrogen) atoms. The number of methoxy groups -OCH3 is 1. The minimum Gasteiger partial charge on any atom is -0.380 e. The first-order chi connectivity index (χ1) is 11.9. The van der Waals surface area contributed by atoms with Gasteiger partial charge in [0.1, 0.15) is 5.82 Å². The molecule has 0 bridgehead atoms. The largest absolute Gasteiger partial charge is 0.380 e. The molecule has 0 aromatic carbocycles. The average molecular weight is 350 g/mol. The summed E-state index contributed by atoms with van der Waals surface area (Å²) in [7, 11) is 1.64. The summed E-state index contributed by atoms with van der Waals surface area (Å²) in [5, 5.41) is 7.79. The third-order valence-electron chi connectivity index (χ3n) is 4.48. The van der Waals surface area contributed by atoms with Crippen LogP contribution in [0.15, 0.2) is 18.2 Å². The maximum atomic E-state index is 13.3. The predicted molar refractivity (Wildman–Crippen MR) is 92.4 cm³/mol. The Hall–Kier alpha value is -2.02. The van der Waals surface area contributed by atoms with Crippen LogP contribution in [0.2, 0.25) is 0 Å².